The Balaban J connectivity index is 1.68. The Morgan fingerprint density at radius 3 is 2.77 bits per heavy atom. The minimum atomic E-state index is -0.933. The Labute approximate surface area is 179 Å². The Morgan fingerprint density at radius 2 is 2.03 bits per heavy atom. The zero-order valence-corrected chi connectivity index (χ0v) is 18.6. The third-order valence-corrected chi connectivity index (χ3v) is 8.45. The highest BCUT2D eigenvalue weighted by molar-refractivity contribution is 5.58. The minimum absolute atomic E-state index is 0.0203. The number of fused-ring (bicyclic) bond motifs is 1. The normalized spacial score (nSPS) is 43.2. The maximum absolute atomic E-state index is 12.3. The van der Waals surface area contributed by atoms with E-state index in [0.717, 1.165) is 43.4 Å². The zero-order valence-electron chi connectivity index (χ0n) is 18.6. The molecule has 6 nitrogen and oxygen atoms in total. The summed E-state index contributed by atoms with van der Waals surface area (Å²) in [4.78, 5) is 2.29. The van der Waals surface area contributed by atoms with E-state index in [1.54, 1.807) is 7.11 Å². The van der Waals surface area contributed by atoms with Crippen LogP contribution in [-0.4, -0.2) is 65.5 Å². The molecule has 30 heavy (non-hydrogen) atoms. The Bertz CT molecular complexity index is 845. The van der Waals surface area contributed by atoms with Gasteiger partial charge in [0.25, 0.3) is 0 Å². The van der Waals surface area contributed by atoms with Crippen molar-refractivity contribution >= 4 is 0 Å². The molecule has 166 valence electrons. The molecular weight excluding hydrogens is 382 g/mol. The van der Waals surface area contributed by atoms with E-state index in [2.05, 4.69) is 31.9 Å². The van der Waals surface area contributed by atoms with E-state index >= 15 is 0 Å². The highest BCUT2D eigenvalue weighted by atomic mass is 16.7. The molecule has 6 heteroatoms. The first-order valence-electron chi connectivity index (χ1n) is 11.4. The van der Waals surface area contributed by atoms with Gasteiger partial charge < -0.3 is 29.3 Å². The number of phenols is 1. The van der Waals surface area contributed by atoms with Gasteiger partial charge in [-0.2, -0.15) is 0 Å². The summed E-state index contributed by atoms with van der Waals surface area (Å²) in [5.41, 5.74) is 0.398. The Morgan fingerprint density at radius 1 is 1.23 bits per heavy atom. The molecule has 4 aliphatic rings. The molecule has 0 amide bonds. The van der Waals surface area contributed by atoms with Crippen LogP contribution in [0.1, 0.15) is 63.5 Å². The van der Waals surface area contributed by atoms with Gasteiger partial charge >= 0.3 is 0 Å². The van der Waals surface area contributed by atoms with Crippen LogP contribution in [0.15, 0.2) is 12.1 Å². The standard InChI is InChI=1S/C24H35NO5/c1-5-17-12-15(2)29-23(30-17)8-9-24(27)19-13-16-6-7-18(28-4)21(26)20(16)22(24,14-23)10-11-25(19)3/h6-7,15,17,19,26-27H,5,8-14H2,1-4H3/t15?,17?,19-,22-,23-,24?/m1/s1. The Kier molecular flexibility index (Phi) is 4.68. The first-order chi connectivity index (χ1) is 14.3. The van der Waals surface area contributed by atoms with Crippen molar-refractivity contribution in [2.75, 3.05) is 20.7 Å². The summed E-state index contributed by atoms with van der Waals surface area (Å²) >= 11 is 0. The van der Waals surface area contributed by atoms with Gasteiger partial charge in [-0.05, 0) is 64.3 Å². The fourth-order valence-corrected chi connectivity index (χ4v) is 7.06. The predicted octanol–water partition coefficient (Wildman–Crippen LogP) is 3.11. The number of hydrogen-bond donors (Lipinski definition) is 2. The van der Waals surface area contributed by atoms with Gasteiger partial charge in [0, 0.05) is 29.9 Å². The number of benzene rings is 1. The number of phenolic OH excluding ortho intramolecular Hbond substituents is 1. The number of likely N-dealkylation sites (N-methyl/N-ethyl adjacent to an activating group) is 1. The molecule has 3 unspecified atom stereocenters. The second-order valence-electron chi connectivity index (χ2n) is 10.0. The van der Waals surface area contributed by atoms with E-state index in [4.69, 9.17) is 14.2 Å². The van der Waals surface area contributed by atoms with Crippen LogP contribution in [0.4, 0.5) is 0 Å². The summed E-state index contributed by atoms with van der Waals surface area (Å²) in [6, 6.07) is 3.92. The number of nitrogens with zero attached hydrogens (tertiary/aromatic N) is 1. The lowest BCUT2D eigenvalue weighted by atomic mass is 9.48. The second-order valence-corrected chi connectivity index (χ2v) is 10.0. The number of hydrogen-bond acceptors (Lipinski definition) is 6. The van der Waals surface area contributed by atoms with Crippen molar-refractivity contribution in [3.8, 4) is 11.5 Å². The van der Waals surface area contributed by atoms with Gasteiger partial charge in [-0.15, -0.1) is 0 Å². The van der Waals surface area contributed by atoms with Gasteiger partial charge in [0.15, 0.2) is 17.3 Å². The molecule has 2 aliphatic heterocycles. The smallest absolute Gasteiger partial charge is 0.170 e. The molecule has 2 N–H and O–H groups in total. The van der Waals surface area contributed by atoms with Gasteiger partial charge in [0.1, 0.15) is 0 Å². The SMILES string of the molecule is CCC1CC(C)O[C@]2(CCC3(O)[C@H]4Cc5ccc(OC)c(O)c5[C@@]3(CCN4C)C2)O1. The number of methoxy groups -OCH3 is 1. The number of aromatic hydroxyl groups is 1. The molecule has 0 radical (unpaired) electrons. The van der Waals surface area contributed by atoms with E-state index in [-0.39, 0.29) is 24.0 Å². The van der Waals surface area contributed by atoms with Crippen LogP contribution in [0.2, 0.25) is 0 Å². The first-order valence-corrected chi connectivity index (χ1v) is 11.4. The third kappa shape index (κ3) is 2.63. The maximum atomic E-state index is 12.3. The van der Waals surface area contributed by atoms with Crippen molar-refractivity contribution in [1.82, 2.24) is 4.90 Å². The quantitative estimate of drug-likeness (QED) is 0.771. The highest BCUT2D eigenvalue weighted by Gasteiger charge is 2.69. The molecular formula is C24H35NO5. The van der Waals surface area contributed by atoms with Gasteiger partial charge in [-0.1, -0.05) is 13.0 Å². The fourth-order valence-electron chi connectivity index (χ4n) is 7.06. The molecule has 1 aromatic carbocycles. The van der Waals surface area contributed by atoms with E-state index in [0.29, 0.717) is 25.0 Å². The molecule has 1 aromatic rings. The molecule has 2 saturated heterocycles. The number of aliphatic hydroxyl groups is 1. The lowest BCUT2D eigenvalue weighted by molar-refractivity contribution is -0.353. The van der Waals surface area contributed by atoms with Crippen LogP contribution in [0.3, 0.4) is 0 Å². The average Bonchev–Trinajstić information content (AvgIpc) is 2.71. The molecule has 2 bridgehead atoms. The van der Waals surface area contributed by atoms with Crippen LogP contribution in [0.5, 0.6) is 11.5 Å². The van der Waals surface area contributed by atoms with E-state index in [9.17, 15) is 10.2 Å². The number of likely N-dealkylation sites (tertiary alicyclic amines) is 1. The highest BCUT2D eigenvalue weighted by Crippen LogP contribution is 2.63. The van der Waals surface area contributed by atoms with Gasteiger partial charge in [0.2, 0.25) is 0 Å². The molecule has 2 aliphatic carbocycles. The molecule has 5 rings (SSSR count). The lowest BCUT2D eigenvalue weighted by Gasteiger charge is -2.66. The maximum Gasteiger partial charge on any atom is 0.170 e. The zero-order chi connectivity index (χ0) is 21.3. The summed E-state index contributed by atoms with van der Waals surface area (Å²) in [7, 11) is 3.68. The number of piperidine rings is 1. The van der Waals surface area contributed by atoms with Crippen LogP contribution in [-0.2, 0) is 21.3 Å². The number of rotatable bonds is 2. The third-order valence-electron chi connectivity index (χ3n) is 8.45. The van der Waals surface area contributed by atoms with Crippen molar-refractivity contribution in [2.45, 2.75) is 93.8 Å². The Hall–Kier alpha value is -1.34. The molecule has 2 heterocycles. The van der Waals surface area contributed by atoms with Crippen molar-refractivity contribution in [3.63, 3.8) is 0 Å². The molecule has 6 atom stereocenters. The van der Waals surface area contributed by atoms with E-state index in [1.807, 2.05) is 6.07 Å². The monoisotopic (exact) mass is 417 g/mol. The lowest BCUT2D eigenvalue weighted by Crippen LogP contribution is -2.75. The first kappa shape index (κ1) is 20.6. The van der Waals surface area contributed by atoms with Crippen LogP contribution >= 0.6 is 0 Å². The largest absolute Gasteiger partial charge is 0.504 e. The van der Waals surface area contributed by atoms with Crippen molar-refractivity contribution in [2.24, 2.45) is 0 Å². The molecule has 1 spiro atoms. The van der Waals surface area contributed by atoms with Crippen LogP contribution < -0.4 is 4.74 Å². The summed E-state index contributed by atoms with van der Waals surface area (Å²) in [6.45, 7) is 5.15. The second kappa shape index (κ2) is 6.83. The van der Waals surface area contributed by atoms with Gasteiger partial charge in [-0.3, -0.25) is 0 Å². The predicted molar refractivity (Wildman–Crippen MR) is 113 cm³/mol. The van der Waals surface area contributed by atoms with Crippen molar-refractivity contribution in [1.29, 1.82) is 0 Å². The van der Waals surface area contributed by atoms with E-state index in [1.165, 1.54) is 0 Å². The van der Waals surface area contributed by atoms with Gasteiger partial charge in [-0.25, -0.2) is 0 Å². The van der Waals surface area contributed by atoms with Gasteiger partial charge in [0.05, 0.1) is 24.9 Å². The van der Waals surface area contributed by atoms with Crippen molar-refractivity contribution in [3.05, 3.63) is 23.3 Å². The van der Waals surface area contributed by atoms with Crippen LogP contribution in [0, 0.1) is 0 Å². The summed E-state index contributed by atoms with van der Waals surface area (Å²) in [5, 5.41) is 23.5. The van der Waals surface area contributed by atoms with Crippen LogP contribution in [0.25, 0.3) is 0 Å². The topological polar surface area (TPSA) is 71.4 Å². The molecule has 0 aromatic heterocycles. The summed E-state index contributed by atoms with van der Waals surface area (Å²) in [5.74, 6) is -0.0769. The van der Waals surface area contributed by atoms with Crippen molar-refractivity contribution < 1.29 is 24.4 Å². The average molecular weight is 418 g/mol. The number of ether oxygens (including phenoxy) is 3. The van der Waals surface area contributed by atoms with E-state index < -0.39 is 16.8 Å². The fraction of sp³-hybridized carbons (Fsp3) is 0.750. The molecule has 3 fully saturated rings. The summed E-state index contributed by atoms with van der Waals surface area (Å²) < 4.78 is 18.6. The molecule has 1 saturated carbocycles. The summed E-state index contributed by atoms with van der Waals surface area (Å²) in [6.07, 6.45) is 5.46. The minimum Gasteiger partial charge on any atom is -0.504 e.